The lowest BCUT2D eigenvalue weighted by atomic mass is 10.1. The van der Waals surface area contributed by atoms with E-state index in [4.69, 9.17) is 9.47 Å². The molecule has 2 amide bonds. The van der Waals surface area contributed by atoms with Crippen molar-refractivity contribution in [3.05, 3.63) is 53.6 Å². The Morgan fingerprint density at radius 2 is 1.86 bits per heavy atom. The van der Waals surface area contributed by atoms with Crippen molar-refractivity contribution in [2.45, 2.75) is 11.6 Å². The van der Waals surface area contributed by atoms with Crippen molar-refractivity contribution < 1.29 is 27.4 Å². The van der Waals surface area contributed by atoms with E-state index in [0.29, 0.717) is 23.7 Å². The van der Waals surface area contributed by atoms with Crippen LogP contribution in [0.1, 0.15) is 16.5 Å². The lowest BCUT2D eigenvalue weighted by molar-refractivity contribution is -0.137. The molecule has 1 aliphatic rings. The molecule has 1 fully saturated rings. The lowest BCUT2D eigenvalue weighted by Gasteiger charge is -2.26. The second-order valence-corrected chi connectivity index (χ2v) is 7.19. The van der Waals surface area contributed by atoms with Crippen molar-refractivity contribution in [1.82, 2.24) is 4.90 Å². The number of carbonyl (C=O) groups excluding carboxylic acids is 1. The smallest absolute Gasteiger partial charge is 0.416 e. The molecule has 1 aliphatic heterocycles. The lowest BCUT2D eigenvalue weighted by Crippen LogP contribution is -2.34. The number of thioether (sulfide) groups is 1. The fourth-order valence-electron chi connectivity index (χ4n) is 2.98. The summed E-state index contributed by atoms with van der Waals surface area (Å²) in [6, 6.07) is 9.43. The van der Waals surface area contributed by atoms with Gasteiger partial charge in [0, 0.05) is 23.5 Å². The molecule has 0 aromatic heterocycles. The summed E-state index contributed by atoms with van der Waals surface area (Å²) >= 11 is 1.58. The van der Waals surface area contributed by atoms with Crippen LogP contribution in [0.15, 0.2) is 42.5 Å². The van der Waals surface area contributed by atoms with Gasteiger partial charge in [0.15, 0.2) is 11.5 Å². The number of benzene rings is 2. The summed E-state index contributed by atoms with van der Waals surface area (Å²) in [5.74, 6) is 1.85. The summed E-state index contributed by atoms with van der Waals surface area (Å²) in [6.45, 7) is 0.502. The van der Waals surface area contributed by atoms with Crippen LogP contribution in [-0.2, 0) is 6.18 Å². The molecular formula is C19H19F3N2O3S. The first-order valence-corrected chi connectivity index (χ1v) is 9.47. The van der Waals surface area contributed by atoms with Crippen molar-refractivity contribution in [3.8, 4) is 11.5 Å². The number of para-hydroxylation sites is 1. The van der Waals surface area contributed by atoms with E-state index in [1.165, 1.54) is 19.2 Å². The second-order valence-electron chi connectivity index (χ2n) is 6.00. The molecule has 5 nitrogen and oxygen atoms in total. The Balaban J connectivity index is 1.79. The first-order chi connectivity index (χ1) is 13.3. The van der Waals surface area contributed by atoms with E-state index in [9.17, 15) is 18.0 Å². The van der Waals surface area contributed by atoms with Crippen LogP contribution < -0.4 is 14.8 Å². The van der Waals surface area contributed by atoms with E-state index in [-0.39, 0.29) is 11.4 Å². The van der Waals surface area contributed by atoms with Crippen LogP contribution in [-0.4, -0.2) is 37.4 Å². The van der Waals surface area contributed by atoms with Gasteiger partial charge in [0.2, 0.25) is 0 Å². The van der Waals surface area contributed by atoms with Crippen molar-refractivity contribution in [2.24, 2.45) is 0 Å². The summed E-state index contributed by atoms with van der Waals surface area (Å²) < 4.78 is 48.8. The molecule has 1 heterocycles. The molecule has 150 valence electrons. The highest BCUT2D eigenvalue weighted by atomic mass is 32.2. The molecule has 0 radical (unpaired) electrons. The average Bonchev–Trinajstić information content (AvgIpc) is 3.16. The highest BCUT2D eigenvalue weighted by molar-refractivity contribution is 7.99. The first kappa shape index (κ1) is 20.2. The molecule has 0 saturated carbocycles. The molecule has 0 spiro atoms. The monoisotopic (exact) mass is 412 g/mol. The van der Waals surface area contributed by atoms with Crippen LogP contribution in [0, 0.1) is 0 Å². The zero-order chi connectivity index (χ0) is 20.3. The van der Waals surface area contributed by atoms with Crippen molar-refractivity contribution in [1.29, 1.82) is 0 Å². The van der Waals surface area contributed by atoms with E-state index in [0.717, 1.165) is 23.4 Å². The van der Waals surface area contributed by atoms with Gasteiger partial charge in [-0.05, 0) is 30.3 Å². The van der Waals surface area contributed by atoms with Crippen molar-refractivity contribution in [3.63, 3.8) is 0 Å². The number of ether oxygens (including phenoxy) is 2. The Morgan fingerprint density at radius 3 is 2.46 bits per heavy atom. The van der Waals surface area contributed by atoms with E-state index in [2.05, 4.69) is 5.32 Å². The number of urea groups is 1. The van der Waals surface area contributed by atoms with E-state index in [1.54, 1.807) is 29.8 Å². The molecule has 0 unspecified atom stereocenters. The summed E-state index contributed by atoms with van der Waals surface area (Å²) in [5.41, 5.74) is 0.333. The topological polar surface area (TPSA) is 50.8 Å². The van der Waals surface area contributed by atoms with E-state index in [1.807, 2.05) is 12.1 Å². The normalized spacial score (nSPS) is 16.8. The molecule has 0 aliphatic carbocycles. The minimum absolute atomic E-state index is 0.292. The van der Waals surface area contributed by atoms with Crippen LogP contribution in [0.4, 0.5) is 23.7 Å². The van der Waals surface area contributed by atoms with Gasteiger partial charge in [-0.1, -0.05) is 12.1 Å². The van der Waals surface area contributed by atoms with Gasteiger partial charge in [0.05, 0.1) is 19.8 Å². The highest BCUT2D eigenvalue weighted by Gasteiger charge is 2.34. The Kier molecular flexibility index (Phi) is 5.93. The second kappa shape index (κ2) is 8.22. The highest BCUT2D eigenvalue weighted by Crippen LogP contribution is 2.45. The van der Waals surface area contributed by atoms with E-state index >= 15 is 0 Å². The summed E-state index contributed by atoms with van der Waals surface area (Å²) in [6.07, 6.45) is -4.41. The Bertz CT molecular complexity index is 843. The first-order valence-electron chi connectivity index (χ1n) is 8.42. The molecule has 1 N–H and O–H groups in total. The number of hydrogen-bond acceptors (Lipinski definition) is 4. The molecular weight excluding hydrogens is 393 g/mol. The minimum Gasteiger partial charge on any atom is -0.493 e. The quantitative estimate of drug-likeness (QED) is 0.768. The van der Waals surface area contributed by atoms with Crippen LogP contribution in [0.25, 0.3) is 0 Å². The molecule has 1 saturated heterocycles. The van der Waals surface area contributed by atoms with Crippen LogP contribution in [0.2, 0.25) is 0 Å². The summed E-state index contributed by atoms with van der Waals surface area (Å²) in [5, 5.41) is 2.37. The van der Waals surface area contributed by atoms with Gasteiger partial charge in [-0.3, -0.25) is 0 Å². The predicted octanol–water partition coefficient (Wildman–Crippen LogP) is 5.00. The zero-order valence-electron chi connectivity index (χ0n) is 15.2. The van der Waals surface area contributed by atoms with Gasteiger partial charge in [0.25, 0.3) is 0 Å². The summed E-state index contributed by atoms with van der Waals surface area (Å²) in [4.78, 5) is 14.4. The number of amides is 2. The Hall–Kier alpha value is -2.55. The molecule has 3 rings (SSSR count). The number of alkyl halides is 3. The third-order valence-electron chi connectivity index (χ3n) is 4.31. The number of carbonyl (C=O) groups is 1. The van der Waals surface area contributed by atoms with Crippen molar-refractivity contribution in [2.75, 3.05) is 31.8 Å². The number of anilines is 1. The fraction of sp³-hybridized carbons (Fsp3) is 0.316. The Morgan fingerprint density at radius 1 is 1.14 bits per heavy atom. The van der Waals surface area contributed by atoms with Gasteiger partial charge < -0.3 is 19.7 Å². The fourth-order valence-corrected chi connectivity index (χ4v) is 4.25. The molecule has 28 heavy (non-hydrogen) atoms. The van der Waals surface area contributed by atoms with Crippen LogP contribution in [0.3, 0.4) is 0 Å². The molecule has 0 bridgehead atoms. The number of hydrogen-bond donors (Lipinski definition) is 1. The van der Waals surface area contributed by atoms with Crippen molar-refractivity contribution >= 4 is 23.5 Å². The predicted molar refractivity (Wildman–Crippen MR) is 102 cm³/mol. The SMILES string of the molecule is COc1cccc([C@@H]2SCCN2C(=O)Nc2ccc(C(F)(F)F)cc2)c1OC. The zero-order valence-corrected chi connectivity index (χ0v) is 16.1. The van der Waals surface area contributed by atoms with E-state index < -0.39 is 11.7 Å². The largest absolute Gasteiger partial charge is 0.493 e. The number of rotatable bonds is 4. The van der Waals surface area contributed by atoms with Gasteiger partial charge in [0.1, 0.15) is 5.37 Å². The average molecular weight is 412 g/mol. The molecule has 2 aromatic rings. The van der Waals surface area contributed by atoms with Gasteiger partial charge in [-0.25, -0.2) is 4.79 Å². The van der Waals surface area contributed by atoms with Gasteiger partial charge in [-0.2, -0.15) is 13.2 Å². The maximum atomic E-state index is 12.7. The Labute approximate surface area is 164 Å². The molecule has 1 atom stereocenters. The maximum Gasteiger partial charge on any atom is 0.416 e. The number of methoxy groups -OCH3 is 2. The van der Waals surface area contributed by atoms with Gasteiger partial charge in [-0.15, -0.1) is 11.8 Å². The standard InChI is InChI=1S/C19H19F3N2O3S/c1-26-15-5-3-4-14(16(15)27-2)17-24(10-11-28-17)18(25)23-13-8-6-12(7-9-13)19(20,21)22/h3-9,17H,10-11H2,1-2H3,(H,23,25)/t17-/m0/s1. The number of nitrogens with one attached hydrogen (secondary N) is 1. The molecule has 9 heteroatoms. The third-order valence-corrected chi connectivity index (χ3v) is 5.56. The summed E-state index contributed by atoms with van der Waals surface area (Å²) in [7, 11) is 3.08. The third kappa shape index (κ3) is 4.14. The van der Waals surface area contributed by atoms with Crippen LogP contribution in [0.5, 0.6) is 11.5 Å². The maximum absolute atomic E-state index is 12.7. The van der Waals surface area contributed by atoms with Crippen LogP contribution >= 0.6 is 11.8 Å². The van der Waals surface area contributed by atoms with Gasteiger partial charge >= 0.3 is 12.2 Å². The molecule has 2 aromatic carbocycles. The number of halogens is 3. The number of nitrogens with zero attached hydrogens (tertiary/aromatic N) is 1. The minimum atomic E-state index is -4.41.